The number of thioether (sulfide) groups is 1. The van der Waals surface area contributed by atoms with Crippen LogP contribution < -0.4 is 5.32 Å². The van der Waals surface area contributed by atoms with Gasteiger partial charge in [-0.1, -0.05) is 18.2 Å². The standard InChI is InChI=1S/C15H21NO2S/c1-11-5-3-4-6-14(11)19-10-9-13(15(17)18-2)16-12-7-8-12/h3-6,12-13,16H,7-10H2,1-2H3. The second-order valence-corrected chi connectivity index (χ2v) is 6.06. The number of ether oxygens (including phenoxy) is 1. The largest absolute Gasteiger partial charge is 0.468 e. The Morgan fingerprint density at radius 1 is 1.47 bits per heavy atom. The molecular formula is C15H21NO2S. The second kappa shape index (κ2) is 6.96. The molecule has 1 aromatic carbocycles. The number of hydrogen-bond acceptors (Lipinski definition) is 4. The van der Waals surface area contributed by atoms with Gasteiger partial charge in [0.1, 0.15) is 6.04 Å². The first-order valence-corrected chi connectivity index (χ1v) is 7.71. The van der Waals surface area contributed by atoms with Crippen LogP contribution in [0.4, 0.5) is 0 Å². The van der Waals surface area contributed by atoms with Crippen LogP contribution in [-0.4, -0.2) is 30.9 Å². The molecule has 3 nitrogen and oxygen atoms in total. The number of methoxy groups -OCH3 is 1. The fourth-order valence-electron chi connectivity index (χ4n) is 1.95. The summed E-state index contributed by atoms with van der Waals surface area (Å²) in [4.78, 5) is 13.0. The summed E-state index contributed by atoms with van der Waals surface area (Å²) in [5, 5.41) is 3.35. The van der Waals surface area contributed by atoms with E-state index in [1.807, 2.05) is 6.07 Å². The minimum Gasteiger partial charge on any atom is -0.468 e. The van der Waals surface area contributed by atoms with Crippen molar-refractivity contribution < 1.29 is 9.53 Å². The van der Waals surface area contributed by atoms with Gasteiger partial charge in [0, 0.05) is 16.7 Å². The van der Waals surface area contributed by atoms with Crippen LogP contribution in [0, 0.1) is 6.92 Å². The van der Waals surface area contributed by atoms with Gasteiger partial charge in [0.15, 0.2) is 0 Å². The van der Waals surface area contributed by atoms with E-state index >= 15 is 0 Å². The summed E-state index contributed by atoms with van der Waals surface area (Å²) in [6.07, 6.45) is 3.17. The SMILES string of the molecule is COC(=O)C(CCSc1ccccc1C)NC1CC1. The predicted octanol–water partition coefficient (Wildman–Crippen LogP) is 2.77. The molecule has 1 atom stereocenters. The van der Waals surface area contributed by atoms with Crippen molar-refractivity contribution in [1.82, 2.24) is 5.32 Å². The van der Waals surface area contributed by atoms with Crippen molar-refractivity contribution in [3.63, 3.8) is 0 Å². The molecule has 0 radical (unpaired) electrons. The molecule has 1 saturated carbocycles. The van der Waals surface area contributed by atoms with Gasteiger partial charge in [0.25, 0.3) is 0 Å². The minimum atomic E-state index is -0.158. The summed E-state index contributed by atoms with van der Waals surface area (Å²) < 4.78 is 4.86. The van der Waals surface area contributed by atoms with E-state index in [1.54, 1.807) is 11.8 Å². The molecule has 104 valence electrons. The van der Waals surface area contributed by atoms with Crippen molar-refractivity contribution in [1.29, 1.82) is 0 Å². The first-order valence-electron chi connectivity index (χ1n) is 6.73. The number of carbonyl (C=O) groups excluding carboxylic acids is 1. The van der Waals surface area contributed by atoms with Crippen LogP contribution in [0.3, 0.4) is 0 Å². The quantitative estimate of drug-likeness (QED) is 0.615. The van der Waals surface area contributed by atoms with Crippen LogP contribution >= 0.6 is 11.8 Å². The molecule has 0 heterocycles. The van der Waals surface area contributed by atoms with Crippen molar-refractivity contribution in [3.05, 3.63) is 29.8 Å². The summed E-state index contributed by atoms with van der Waals surface area (Å²) in [5.74, 6) is 0.780. The molecule has 0 aliphatic heterocycles. The Morgan fingerprint density at radius 2 is 2.21 bits per heavy atom. The van der Waals surface area contributed by atoms with Gasteiger partial charge in [-0.2, -0.15) is 0 Å². The lowest BCUT2D eigenvalue weighted by molar-refractivity contribution is -0.143. The highest BCUT2D eigenvalue weighted by Crippen LogP contribution is 2.24. The number of nitrogens with one attached hydrogen (secondary N) is 1. The summed E-state index contributed by atoms with van der Waals surface area (Å²) in [6, 6.07) is 8.70. The summed E-state index contributed by atoms with van der Waals surface area (Å²) in [7, 11) is 1.46. The molecule has 1 aromatic rings. The maximum Gasteiger partial charge on any atom is 0.322 e. The molecule has 0 aromatic heterocycles. The van der Waals surface area contributed by atoms with Crippen molar-refractivity contribution in [3.8, 4) is 0 Å². The molecule has 19 heavy (non-hydrogen) atoms. The Bertz CT molecular complexity index is 432. The average Bonchev–Trinajstić information content (AvgIpc) is 3.23. The van der Waals surface area contributed by atoms with E-state index < -0.39 is 0 Å². The highest BCUT2D eigenvalue weighted by molar-refractivity contribution is 7.99. The monoisotopic (exact) mass is 279 g/mol. The van der Waals surface area contributed by atoms with E-state index in [0.717, 1.165) is 12.2 Å². The van der Waals surface area contributed by atoms with Gasteiger partial charge in [0.05, 0.1) is 7.11 Å². The Kier molecular flexibility index (Phi) is 5.28. The summed E-state index contributed by atoms with van der Waals surface area (Å²) in [5.41, 5.74) is 1.29. The third-order valence-corrected chi connectivity index (χ3v) is 4.47. The van der Waals surface area contributed by atoms with E-state index in [9.17, 15) is 4.79 Å². The Labute approximate surface area is 119 Å². The first kappa shape index (κ1) is 14.4. The van der Waals surface area contributed by atoms with Crippen molar-refractivity contribution in [2.45, 2.75) is 43.2 Å². The lowest BCUT2D eigenvalue weighted by Crippen LogP contribution is -2.39. The van der Waals surface area contributed by atoms with E-state index in [1.165, 1.54) is 30.4 Å². The van der Waals surface area contributed by atoms with E-state index in [4.69, 9.17) is 4.74 Å². The molecule has 1 fully saturated rings. The molecule has 0 bridgehead atoms. The number of benzene rings is 1. The lowest BCUT2D eigenvalue weighted by Gasteiger charge is -2.16. The van der Waals surface area contributed by atoms with Crippen molar-refractivity contribution in [2.24, 2.45) is 0 Å². The Balaban J connectivity index is 1.81. The molecule has 0 saturated heterocycles. The molecule has 0 spiro atoms. The fraction of sp³-hybridized carbons (Fsp3) is 0.533. The minimum absolute atomic E-state index is 0.141. The van der Waals surface area contributed by atoms with Gasteiger partial charge in [-0.05, 0) is 37.8 Å². The van der Waals surface area contributed by atoms with Crippen LogP contribution in [0.25, 0.3) is 0 Å². The maximum absolute atomic E-state index is 11.7. The average molecular weight is 279 g/mol. The van der Waals surface area contributed by atoms with Gasteiger partial charge in [0.2, 0.25) is 0 Å². The molecule has 2 rings (SSSR count). The topological polar surface area (TPSA) is 38.3 Å². The number of rotatable bonds is 7. The van der Waals surface area contributed by atoms with E-state index in [0.29, 0.717) is 6.04 Å². The van der Waals surface area contributed by atoms with Gasteiger partial charge in [-0.15, -0.1) is 11.8 Å². The van der Waals surface area contributed by atoms with Gasteiger partial charge in [-0.3, -0.25) is 4.79 Å². The first-order chi connectivity index (χ1) is 9.20. The van der Waals surface area contributed by atoms with Crippen LogP contribution in [0.15, 0.2) is 29.2 Å². The molecular weight excluding hydrogens is 258 g/mol. The van der Waals surface area contributed by atoms with E-state index in [2.05, 4.69) is 30.4 Å². The number of carbonyl (C=O) groups is 1. The zero-order chi connectivity index (χ0) is 13.7. The van der Waals surface area contributed by atoms with Crippen LogP contribution in [0.2, 0.25) is 0 Å². The summed E-state index contributed by atoms with van der Waals surface area (Å²) in [6.45, 7) is 2.11. The van der Waals surface area contributed by atoms with Crippen molar-refractivity contribution in [2.75, 3.05) is 12.9 Å². The highest BCUT2D eigenvalue weighted by Gasteiger charge is 2.28. The molecule has 1 aliphatic carbocycles. The van der Waals surface area contributed by atoms with E-state index in [-0.39, 0.29) is 12.0 Å². The second-order valence-electron chi connectivity index (χ2n) is 4.92. The Morgan fingerprint density at radius 3 is 2.84 bits per heavy atom. The molecule has 1 N–H and O–H groups in total. The van der Waals surface area contributed by atoms with Crippen LogP contribution in [-0.2, 0) is 9.53 Å². The van der Waals surface area contributed by atoms with Gasteiger partial charge < -0.3 is 10.1 Å². The molecule has 1 unspecified atom stereocenters. The lowest BCUT2D eigenvalue weighted by atomic mass is 10.2. The smallest absolute Gasteiger partial charge is 0.322 e. The molecule has 1 aliphatic rings. The van der Waals surface area contributed by atoms with Gasteiger partial charge in [-0.25, -0.2) is 0 Å². The molecule has 0 amide bonds. The zero-order valence-corrected chi connectivity index (χ0v) is 12.3. The third kappa shape index (κ3) is 4.55. The summed E-state index contributed by atoms with van der Waals surface area (Å²) >= 11 is 1.80. The molecule has 4 heteroatoms. The van der Waals surface area contributed by atoms with Gasteiger partial charge >= 0.3 is 5.97 Å². The number of hydrogen-bond donors (Lipinski definition) is 1. The zero-order valence-electron chi connectivity index (χ0n) is 11.5. The normalized spacial score (nSPS) is 16.1. The van der Waals surface area contributed by atoms with Crippen LogP contribution in [0.1, 0.15) is 24.8 Å². The van der Waals surface area contributed by atoms with Crippen molar-refractivity contribution >= 4 is 17.7 Å². The van der Waals surface area contributed by atoms with Crippen LogP contribution in [0.5, 0.6) is 0 Å². The maximum atomic E-state index is 11.7. The number of aryl methyl sites for hydroxylation is 1. The predicted molar refractivity (Wildman–Crippen MR) is 78.5 cm³/mol. The highest BCUT2D eigenvalue weighted by atomic mass is 32.2. The number of esters is 1. The fourth-order valence-corrected chi connectivity index (χ4v) is 3.00. The third-order valence-electron chi connectivity index (χ3n) is 3.26. The Hall–Kier alpha value is -1.00.